The van der Waals surface area contributed by atoms with Gasteiger partial charge in [-0.15, -0.1) is 11.8 Å². The highest BCUT2D eigenvalue weighted by atomic mass is 32.2. The lowest BCUT2D eigenvalue weighted by molar-refractivity contribution is -0.113. The molecule has 146 valence electrons. The van der Waals surface area contributed by atoms with Crippen LogP contribution in [0.25, 0.3) is 11.0 Å². The molecule has 28 heavy (non-hydrogen) atoms. The van der Waals surface area contributed by atoms with Gasteiger partial charge in [0.2, 0.25) is 5.91 Å². The SMILES string of the molecule is CCc1cnc2c(c1SCC(=O)Nc1ccccc1C)c(=O)n(C)c(=O)n2C. The van der Waals surface area contributed by atoms with Gasteiger partial charge in [0, 0.05) is 30.9 Å². The number of hydrogen-bond acceptors (Lipinski definition) is 5. The quantitative estimate of drug-likeness (QED) is 0.666. The molecule has 2 heterocycles. The van der Waals surface area contributed by atoms with E-state index in [-0.39, 0.29) is 11.7 Å². The smallest absolute Gasteiger partial charge is 0.325 e. The fourth-order valence-electron chi connectivity index (χ4n) is 3.00. The molecule has 0 spiro atoms. The molecule has 3 aromatic rings. The number of carbonyl (C=O) groups is 1. The molecule has 0 bridgehead atoms. The summed E-state index contributed by atoms with van der Waals surface area (Å²) < 4.78 is 2.43. The van der Waals surface area contributed by atoms with Gasteiger partial charge in [-0.3, -0.25) is 18.7 Å². The minimum Gasteiger partial charge on any atom is -0.325 e. The Morgan fingerprint density at radius 3 is 2.57 bits per heavy atom. The Balaban J connectivity index is 1.98. The second kappa shape index (κ2) is 8.02. The summed E-state index contributed by atoms with van der Waals surface area (Å²) in [5.41, 5.74) is 2.12. The van der Waals surface area contributed by atoms with Crippen molar-refractivity contribution in [1.82, 2.24) is 14.1 Å². The lowest BCUT2D eigenvalue weighted by atomic mass is 10.2. The van der Waals surface area contributed by atoms with Gasteiger partial charge < -0.3 is 5.32 Å². The molecule has 0 atom stereocenters. The van der Waals surface area contributed by atoms with Gasteiger partial charge >= 0.3 is 5.69 Å². The van der Waals surface area contributed by atoms with Crippen molar-refractivity contribution >= 4 is 34.4 Å². The Hall–Kier alpha value is -2.87. The normalized spacial score (nSPS) is 11.0. The minimum atomic E-state index is -0.428. The molecule has 8 heteroatoms. The van der Waals surface area contributed by atoms with E-state index in [1.54, 1.807) is 13.2 Å². The number of fused-ring (bicyclic) bond motifs is 1. The summed E-state index contributed by atoms with van der Waals surface area (Å²) in [7, 11) is 3.03. The molecular formula is C20H22N4O3S. The van der Waals surface area contributed by atoms with E-state index >= 15 is 0 Å². The molecule has 3 rings (SSSR count). The number of nitrogens with one attached hydrogen (secondary N) is 1. The number of hydrogen-bond donors (Lipinski definition) is 1. The fraction of sp³-hybridized carbons (Fsp3) is 0.300. The van der Waals surface area contributed by atoms with Crippen molar-refractivity contribution in [2.75, 3.05) is 11.1 Å². The molecule has 0 aliphatic rings. The summed E-state index contributed by atoms with van der Waals surface area (Å²) in [6.45, 7) is 3.89. The monoisotopic (exact) mass is 398 g/mol. The number of pyridine rings is 1. The van der Waals surface area contributed by atoms with E-state index in [0.717, 1.165) is 21.4 Å². The topological polar surface area (TPSA) is 86.0 Å². The summed E-state index contributed by atoms with van der Waals surface area (Å²) in [6.07, 6.45) is 2.33. The van der Waals surface area contributed by atoms with E-state index in [9.17, 15) is 14.4 Å². The summed E-state index contributed by atoms with van der Waals surface area (Å²) >= 11 is 1.29. The lowest BCUT2D eigenvalue weighted by Crippen LogP contribution is -2.37. The van der Waals surface area contributed by atoms with Crippen LogP contribution < -0.4 is 16.6 Å². The third-order valence-corrected chi connectivity index (χ3v) is 5.80. The third kappa shape index (κ3) is 3.60. The first kappa shape index (κ1) is 19.9. The summed E-state index contributed by atoms with van der Waals surface area (Å²) in [5.74, 6) is -0.0140. The number of aryl methyl sites for hydroxylation is 3. The average Bonchev–Trinajstić information content (AvgIpc) is 2.70. The van der Waals surface area contributed by atoms with Crippen LogP contribution in [0.1, 0.15) is 18.1 Å². The number of rotatable bonds is 5. The van der Waals surface area contributed by atoms with Gasteiger partial charge in [-0.05, 0) is 30.5 Å². The molecule has 1 N–H and O–H groups in total. The number of para-hydroxylation sites is 1. The van der Waals surface area contributed by atoms with Crippen molar-refractivity contribution in [1.29, 1.82) is 0 Å². The maximum absolute atomic E-state index is 12.8. The largest absolute Gasteiger partial charge is 0.332 e. The number of thioether (sulfide) groups is 1. The van der Waals surface area contributed by atoms with Crippen LogP contribution in [0.4, 0.5) is 5.69 Å². The van der Waals surface area contributed by atoms with Crippen molar-refractivity contribution in [3.63, 3.8) is 0 Å². The van der Waals surface area contributed by atoms with Crippen LogP contribution >= 0.6 is 11.8 Å². The van der Waals surface area contributed by atoms with Gasteiger partial charge in [-0.1, -0.05) is 25.1 Å². The van der Waals surface area contributed by atoms with Gasteiger partial charge in [0.25, 0.3) is 5.56 Å². The minimum absolute atomic E-state index is 0.145. The van der Waals surface area contributed by atoms with Crippen LogP contribution in [0.2, 0.25) is 0 Å². The first-order valence-corrected chi connectivity index (χ1v) is 9.89. The molecule has 0 aliphatic heterocycles. The first-order valence-electron chi connectivity index (χ1n) is 8.91. The maximum Gasteiger partial charge on any atom is 0.332 e. The number of aromatic nitrogens is 3. The van der Waals surface area contributed by atoms with Crippen LogP contribution in [0.3, 0.4) is 0 Å². The Kier molecular flexibility index (Phi) is 5.69. The van der Waals surface area contributed by atoms with Crippen molar-refractivity contribution in [2.24, 2.45) is 14.1 Å². The molecular weight excluding hydrogens is 376 g/mol. The van der Waals surface area contributed by atoms with Crippen molar-refractivity contribution in [3.05, 3.63) is 62.4 Å². The highest BCUT2D eigenvalue weighted by Crippen LogP contribution is 2.28. The van der Waals surface area contributed by atoms with Gasteiger partial charge in [0.15, 0.2) is 0 Å². The molecule has 2 aromatic heterocycles. The van der Waals surface area contributed by atoms with Gasteiger partial charge in [0.1, 0.15) is 5.65 Å². The third-order valence-electron chi connectivity index (χ3n) is 4.64. The van der Waals surface area contributed by atoms with E-state index in [1.807, 2.05) is 38.1 Å². The number of amides is 1. The Bertz CT molecular complexity index is 1180. The van der Waals surface area contributed by atoms with E-state index in [4.69, 9.17) is 0 Å². The van der Waals surface area contributed by atoms with Crippen molar-refractivity contribution in [2.45, 2.75) is 25.2 Å². The molecule has 0 saturated heterocycles. The zero-order chi connectivity index (χ0) is 20.4. The van der Waals surface area contributed by atoms with E-state index < -0.39 is 11.2 Å². The van der Waals surface area contributed by atoms with Crippen molar-refractivity contribution in [3.8, 4) is 0 Å². The van der Waals surface area contributed by atoms with Crippen LogP contribution in [-0.2, 0) is 25.3 Å². The zero-order valence-corrected chi connectivity index (χ0v) is 17.1. The number of carbonyl (C=O) groups excluding carboxylic acids is 1. The first-order chi connectivity index (χ1) is 13.3. The second-order valence-electron chi connectivity index (χ2n) is 6.52. The fourth-order valence-corrected chi connectivity index (χ4v) is 4.05. The molecule has 0 unspecified atom stereocenters. The average molecular weight is 398 g/mol. The molecule has 0 fully saturated rings. The van der Waals surface area contributed by atoms with Gasteiger partial charge in [-0.2, -0.15) is 0 Å². The van der Waals surface area contributed by atoms with Crippen LogP contribution in [0.15, 0.2) is 44.9 Å². The predicted octanol–water partition coefficient (Wildman–Crippen LogP) is 2.23. The summed E-state index contributed by atoms with van der Waals surface area (Å²) in [4.78, 5) is 42.4. The maximum atomic E-state index is 12.8. The molecule has 0 aliphatic carbocycles. The highest BCUT2D eigenvalue weighted by Gasteiger charge is 2.18. The molecule has 0 saturated carbocycles. The lowest BCUT2D eigenvalue weighted by Gasteiger charge is -2.14. The van der Waals surface area contributed by atoms with E-state index in [2.05, 4.69) is 10.3 Å². The van der Waals surface area contributed by atoms with Gasteiger partial charge in [0.05, 0.1) is 11.1 Å². The standard InChI is InChI=1S/C20H22N4O3S/c1-5-13-10-21-18-16(19(26)24(4)20(27)23(18)3)17(13)28-11-15(25)22-14-9-7-6-8-12(14)2/h6-10H,5,11H2,1-4H3,(H,22,25). The zero-order valence-electron chi connectivity index (χ0n) is 16.3. The Labute approximate surface area is 166 Å². The molecule has 0 radical (unpaired) electrons. The van der Waals surface area contributed by atoms with Crippen LogP contribution in [-0.4, -0.2) is 25.8 Å². The molecule has 1 amide bonds. The second-order valence-corrected chi connectivity index (χ2v) is 7.51. The van der Waals surface area contributed by atoms with Crippen LogP contribution in [0.5, 0.6) is 0 Å². The Morgan fingerprint density at radius 1 is 1.18 bits per heavy atom. The van der Waals surface area contributed by atoms with E-state index in [0.29, 0.717) is 22.3 Å². The number of benzene rings is 1. The number of anilines is 1. The number of nitrogens with zero attached hydrogens (tertiary/aromatic N) is 3. The summed E-state index contributed by atoms with van der Waals surface area (Å²) in [5, 5.41) is 3.27. The molecule has 1 aromatic carbocycles. The van der Waals surface area contributed by atoms with Crippen molar-refractivity contribution < 1.29 is 4.79 Å². The van der Waals surface area contributed by atoms with E-state index in [1.165, 1.54) is 23.4 Å². The highest BCUT2D eigenvalue weighted by molar-refractivity contribution is 8.00. The Morgan fingerprint density at radius 2 is 1.89 bits per heavy atom. The van der Waals surface area contributed by atoms with Gasteiger partial charge in [-0.25, -0.2) is 9.78 Å². The summed E-state index contributed by atoms with van der Waals surface area (Å²) in [6, 6.07) is 7.56. The predicted molar refractivity (Wildman–Crippen MR) is 112 cm³/mol. The van der Waals surface area contributed by atoms with Crippen LogP contribution in [0, 0.1) is 6.92 Å². The molecule has 7 nitrogen and oxygen atoms in total.